The Hall–Kier alpha value is -2.20. The third-order valence-corrected chi connectivity index (χ3v) is 3.11. The molecule has 2 aromatic rings. The van der Waals surface area contributed by atoms with Crippen LogP contribution in [0.3, 0.4) is 0 Å². The van der Waals surface area contributed by atoms with E-state index in [1.165, 1.54) is 0 Å². The minimum atomic E-state index is -0.617. The first-order chi connectivity index (χ1) is 10.1. The summed E-state index contributed by atoms with van der Waals surface area (Å²) in [5, 5.41) is 3.40. The Morgan fingerprint density at radius 3 is 2.19 bits per heavy atom. The zero-order valence-electron chi connectivity index (χ0n) is 11.8. The van der Waals surface area contributed by atoms with Crippen LogP contribution in [-0.2, 0) is 4.79 Å². The average molecular weight is 306 g/mol. The molecule has 0 aliphatic heterocycles. The van der Waals surface area contributed by atoms with Crippen LogP contribution in [-0.4, -0.2) is 19.1 Å². The Bertz CT molecular complexity index is 596. The molecule has 0 saturated carbocycles. The highest BCUT2D eigenvalue weighted by Gasteiger charge is 2.14. The fraction of sp³-hybridized carbons (Fsp3) is 0.188. The van der Waals surface area contributed by atoms with Gasteiger partial charge in [0.05, 0.1) is 7.11 Å². The maximum atomic E-state index is 12.0. The van der Waals surface area contributed by atoms with Gasteiger partial charge in [-0.15, -0.1) is 0 Å². The lowest BCUT2D eigenvalue weighted by atomic mass is 10.2. The summed E-state index contributed by atoms with van der Waals surface area (Å²) in [6, 6.07) is 14.0. The molecule has 0 spiro atoms. The Balaban J connectivity index is 1.93. The second kappa shape index (κ2) is 6.99. The number of amides is 1. The van der Waals surface area contributed by atoms with Crippen molar-refractivity contribution in [3.8, 4) is 11.5 Å². The van der Waals surface area contributed by atoms with Gasteiger partial charge in [0.15, 0.2) is 6.10 Å². The van der Waals surface area contributed by atoms with Crippen molar-refractivity contribution < 1.29 is 14.3 Å². The maximum Gasteiger partial charge on any atom is 0.265 e. The molecular formula is C16H16ClNO3. The third kappa shape index (κ3) is 4.39. The molecule has 0 aliphatic rings. The van der Waals surface area contributed by atoms with Gasteiger partial charge >= 0.3 is 0 Å². The van der Waals surface area contributed by atoms with Crippen molar-refractivity contribution in [2.45, 2.75) is 13.0 Å². The summed E-state index contributed by atoms with van der Waals surface area (Å²) >= 11 is 5.80. The van der Waals surface area contributed by atoms with Gasteiger partial charge in [0.25, 0.3) is 5.91 Å². The zero-order chi connectivity index (χ0) is 15.2. The third-order valence-electron chi connectivity index (χ3n) is 2.85. The molecule has 4 nitrogen and oxygen atoms in total. The minimum Gasteiger partial charge on any atom is -0.497 e. The number of ether oxygens (including phenoxy) is 2. The van der Waals surface area contributed by atoms with Gasteiger partial charge < -0.3 is 14.8 Å². The number of hydrogen-bond acceptors (Lipinski definition) is 3. The summed E-state index contributed by atoms with van der Waals surface area (Å²) in [5.41, 5.74) is 0.687. The van der Waals surface area contributed by atoms with Gasteiger partial charge in [0.1, 0.15) is 11.5 Å². The first kappa shape index (κ1) is 15.2. The molecule has 0 bridgehead atoms. The lowest BCUT2D eigenvalue weighted by molar-refractivity contribution is -0.122. The SMILES string of the molecule is COc1ccc(NC(=O)[C@H](C)Oc2ccc(Cl)cc2)cc1. The van der Waals surface area contributed by atoms with Crippen molar-refractivity contribution in [2.75, 3.05) is 12.4 Å². The Morgan fingerprint density at radius 2 is 1.62 bits per heavy atom. The van der Waals surface area contributed by atoms with Crippen molar-refractivity contribution >= 4 is 23.2 Å². The number of halogens is 1. The quantitative estimate of drug-likeness (QED) is 0.915. The summed E-state index contributed by atoms with van der Waals surface area (Å²) in [4.78, 5) is 12.0. The number of methoxy groups -OCH3 is 1. The van der Waals surface area contributed by atoms with Crippen LogP contribution in [0.15, 0.2) is 48.5 Å². The molecule has 2 aromatic carbocycles. The number of benzene rings is 2. The van der Waals surface area contributed by atoms with Crippen molar-refractivity contribution in [2.24, 2.45) is 0 Å². The number of hydrogen-bond donors (Lipinski definition) is 1. The Kier molecular flexibility index (Phi) is 5.06. The Morgan fingerprint density at radius 1 is 1.05 bits per heavy atom. The highest BCUT2D eigenvalue weighted by Crippen LogP contribution is 2.18. The van der Waals surface area contributed by atoms with E-state index < -0.39 is 6.10 Å². The van der Waals surface area contributed by atoms with Gasteiger partial charge in [-0.3, -0.25) is 4.79 Å². The highest BCUT2D eigenvalue weighted by atomic mass is 35.5. The molecule has 0 saturated heterocycles. The number of rotatable bonds is 5. The fourth-order valence-corrected chi connectivity index (χ4v) is 1.82. The van der Waals surface area contributed by atoms with Crippen LogP contribution in [0.25, 0.3) is 0 Å². The van der Waals surface area contributed by atoms with E-state index in [0.29, 0.717) is 16.5 Å². The maximum absolute atomic E-state index is 12.0. The van der Waals surface area contributed by atoms with Gasteiger partial charge in [-0.25, -0.2) is 0 Å². The van der Waals surface area contributed by atoms with E-state index in [0.717, 1.165) is 5.75 Å². The van der Waals surface area contributed by atoms with Gasteiger partial charge in [-0.05, 0) is 55.5 Å². The van der Waals surface area contributed by atoms with Gasteiger partial charge in [-0.2, -0.15) is 0 Å². The number of carbonyl (C=O) groups excluding carboxylic acids is 1. The van der Waals surface area contributed by atoms with Crippen molar-refractivity contribution in [1.29, 1.82) is 0 Å². The minimum absolute atomic E-state index is 0.227. The van der Waals surface area contributed by atoms with Crippen molar-refractivity contribution in [3.63, 3.8) is 0 Å². The van der Waals surface area contributed by atoms with Gasteiger partial charge in [0.2, 0.25) is 0 Å². The largest absolute Gasteiger partial charge is 0.497 e. The molecular weight excluding hydrogens is 290 g/mol. The van der Waals surface area contributed by atoms with E-state index in [9.17, 15) is 4.79 Å². The zero-order valence-corrected chi connectivity index (χ0v) is 12.6. The predicted molar refractivity (Wildman–Crippen MR) is 83.2 cm³/mol. The summed E-state index contributed by atoms with van der Waals surface area (Å²) in [6.07, 6.45) is -0.617. The number of anilines is 1. The normalized spacial score (nSPS) is 11.6. The second-order valence-electron chi connectivity index (χ2n) is 4.43. The molecule has 1 atom stereocenters. The monoisotopic (exact) mass is 305 g/mol. The molecule has 0 fully saturated rings. The summed E-state index contributed by atoms with van der Waals surface area (Å²) < 4.78 is 10.6. The Labute approximate surface area is 128 Å². The first-order valence-electron chi connectivity index (χ1n) is 6.45. The summed E-state index contributed by atoms with van der Waals surface area (Å²) in [7, 11) is 1.59. The first-order valence-corrected chi connectivity index (χ1v) is 6.83. The molecule has 5 heteroatoms. The standard InChI is InChI=1S/C16H16ClNO3/c1-11(21-15-7-3-12(17)4-8-15)16(19)18-13-5-9-14(20-2)10-6-13/h3-11H,1-2H3,(H,18,19)/t11-/m0/s1. The molecule has 0 unspecified atom stereocenters. The van der Waals surface area contributed by atoms with Gasteiger partial charge in [-0.1, -0.05) is 11.6 Å². The number of nitrogens with one attached hydrogen (secondary N) is 1. The topological polar surface area (TPSA) is 47.6 Å². The molecule has 0 heterocycles. The fourth-order valence-electron chi connectivity index (χ4n) is 1.69. The van der Waals surface area contributed by atoms with Crippen LogP contribution in [0.5, 0.6) is 11.5 Å². The molecule has 1 amide bonds. The molecule has 1 N–H and O–H groups in total. The van der Waals surface area contributed by atoms with Crippen LogP contribution in [0.2, 0.25) is 5.02 Å². The average Bonchev–Trinajstić information content (AvgIpc) is 2.50. The summed E-state index contributed by atoms with van der Waals surface area (Å²) in [5.74, 6) is 1.10. The van der Waals surface area contributed by atoms with Crippen LogP contribution < -0.4 is 14.8 Å². The molecule has 0 aromatic heterocycles. The van der Waals surface area contributed by atoms with Crippen LogP contribution in [0.4, 0.5) is 5.69 Å². The van der Waals surface area contributed by atoms with E-state index in [-0.39, 0.29) is 5.91 Å². The number of carbonyl (C=O) groups is 1. The lowest BCUT2D eigenvalue weighted by Gasteiger charge is -2.15. The molecule has 0 aliphatic carbocycles. The van der Waals surface area contributed by atoms with E-state index in [1.807, 2.05) is 0 Å². The van der Waals surface area contributed by atoms with Gasteiger partial charge in [0, 0.05) is 10.7 Å². The van der Waals surface area contributed by atoms with Crippen molar-refractivity contribution in [3.05, 3.63) is 53.6 Å². The smallest absolute Gasteiger partial charge is 0.265 e. The van der Waals surface area contributed by atoms with E-state index in [2.05, 4.69) is 5.32 Å². The summed E-state index contributed by atoms with van der Waals surface area (Å²) in [6.45, 7) is 1.69. The highest BCUT2D eigenvalue weighted by molar-refractivity contribution is 6.30. The predicted octanol–water partition coefficient (Wildman–Crippen LogP) is 3.75. The van der Waals surface area contributed by atoms with E-state index in [1.54, 1.807) is 62.6 Å². The van der Waals surface area contributed by atoms with Crippen LogP contribution in [0, 0.1) is 0 Å². The lowest BCUT2D eigenvalue weighted by Crippen LogP contribution is -2.30. The van der Waals surface area contributed by atoms with Crippen molar-refractivity contribution in [1.82, 2.24) is 0 Å². The van der Waals surface area contributed by atoms with Crippen LogP contribution >= 0.6 is 11.6 Å². The molecule has 0 radical (unpaired) electrons. The van der Waals surface area contributed by atoms with E-state index >= 15 is 0 Å². The second-order valence-corrected chi connectivity index (χ2v) is 4.87. The molecule has 21 heavy (non-hydrogen) atoms. The van der Waals surface area contributed by atoms with Crippen LogP contribution in [0.1, 0.15) is 6.92 Å². The van der Waals surface area contributed by atoms with E-state index in [4.69, 9.17) is 21.1 Å². The molecule has 110 valence electrons. The molecule has 2 rings (SSSR count).